The standard InChI is InChI=1S/C22H16N2O2S2/c25-23-13-11-19(17-7-3-1-4-8-17)15-21(23)27-28-22-16-20(12-14-24(22)26)18-9-5-2-6-10-18/h1-16H. The molecule has 0 fully saturated rings. The van der Waals surface area contributed by atoms with Gasteiger partial charge in [0.05, 0.1) is 0 Å². The Balaban J connectivity index is 1.58. The molecule has 2 heterocycles. The van der Waals surface area contributed by atoms with E-state index in [2.05, 4.69) is 0 Å². The second kappa shape index (κ2) is 8.37. The lowest BCUT2D eigenvalue weighted by Gasteiger charge is -2.08. The van der Waals surface area contributed by atoms with Gasteiger partial charge in [-0.1, -0.05) is 60.7 Å². The first-order valence-electron chi connectivity index (χ1n) is 8.62. The molecule has 2 aromatic carbocycles. The van der Waals surface area contributed by atoms with E-state index in [9.17, 15) is 10.4 Å². The molecule has 0 unspecified atom stereocenters. The minimum atomic E-state index is 0.525. The van der Waals surface area contributed by atoms with Crippen LogP contribution in [0, 0.1) is 10.4 Å². The molecule has 0 spiro atoms. The molecule has 0 radical (unpaired) electrons. The third-order valence-electron chi connectivity index (χ3n) is 4.20. The Hall–Kier alpha value is -2.96. The molecular formula is C22H16N2O2S2. The van der Waals surface area contributed by atoms with E-state index in [0.717, 1.165) is 31.7 Å². The van der Waals surface area contributed by atoms with Crippen LogP contribution in [0.5, 0.6) is 0 Å². The normalized spacial score (nSPS) is 10.7. The molecule has 6 heteroatoms. The summed E-state index contributed by atoms with van der Waals surface area (Å²) in [5.41, 5.74) is 4.01. The zero-order chi connectivity index (χ0) is 19.3. The molecule has 0 atom stereocenters. The molecule has 0 amide bonds. The summed E-state index contributed by atoms with van der Waals surface area (Å²) in [5, 5.41) is 25.4. The molecule has 2 aromatic heterocycles. The number of benzene rings is 2. The average molecular weight is 405 g/mol. The summed E-state index contributed by atoms with van der Waals surface area (Å²) >= 11 is 0. The molecule has 28 heavy (non-hydrogen) atoms. The van der Waals surface area contributed by atoms with E-state index in [1.165, 1.54) is 34.0 Å². The van der Waals surface area contributed by atoms with Crippen LogP contribution < -0.4 is 9.46 Å². The van der Waals surface area contributed by atoms with E-state index < -0.39 is 0 Å². The first-order chi connectivity index (χ1) is 13.7. The van der Waals surface area contributed by atoms with Crippen molar-refractivity contribution in [1.29, 1.82) is 0 Å². The summed E-state index contributed by atoms with van der Waals surface area (Å²) < 4.78 is 1.64. The van der Waals surface area contributed by atoms with Crippen molar-refractivity contribution >= 4 is 21.6 Å². The highest BCUT2D eigenvalue weighted by Gasteiger charge is 2.15. The van der Waals surface area contributed by atoms with E-state index >= 15 is 0 Å². The van der Waals surface area contributed by atoms with Gasteiger partial charge in [-0.3, -0.25) is 0 Å². The Kier molecular flexibility index (Phi) is 5.50. The molecule has 0 aliphatic heterocycles. The Bertz CT molecular complexity index is 1000. The lowest BCUT2D eigenvalue weighted by atomic mass is 10.1. The van der Waals surface area contributed by atoms with Crippen LogP contribution in [0.25, 0.3) is 22.3 Å². The number of rotatable bonds is 5. The van der Waals surface area contributed by atoms with Gasteiger partial charge in [0.1, 0.15) is 0 Å². The zero-order valence-corrected chi connectivity index (χ0v) is 16.4. The summed E-state index contributed by atoms with van der Waals surface area (Å²) in [6.07, 6.45) is 2.99. The van der Waals surface area contributed by atoms with Gasteiger partial charge in [-0.2, -0.15) is 9.46 Å². The van der Waals surface area contributed by atoms with Crippen molar-refractivity contribution in [3.05, 3.63) is 108 Å². The topological polar surface area (TPSA) is 53.9 Å². The Labute approximate surface area is 171 Å². The smallest absolute Gasteiger partial charge is 0.263 e. The summed E-state index contributed by atoms with van der Waals surface area (Å²) in [6.45, 7) is 0. The van der Waals surface area contributed by atoms with Crippen molar-refractivity contribution in [1.82, 2.24) is 0 Å². The van der Waals surface area contributed by atoms with Crippen LogP contribution in [0.1, 0.15) is 0 Å². The molecular weight excluding hydrogens is 388 g/mol. The van der Waals surface area contributed by atoms with Gasteiger partial charge in [-0.25, -0.2) is 0 Å². The third kappa shape index (κ3) is 4.13. The summed E-state index contributed by atoms with van der Waals surface area (Å²) in [6, 6.07) is 27.0. The van der Waals surface area contributed by atoms with Crippen LogP contribution >= 0.6 is 21.6 Å². The zero-order valence-electron chi connectivity index (χ0n) is 14.8. The molecule has 0 saturated heterocycles. The first-order valence-corrected chi connectivity index (χ1v) is 10.8. The quantitative estimate of drug-likeness (QED) is 0.264. The first kappa shape index (κ1) is 18.4. The molecule has 4 aromatic rings. The van der Waals surface area contributed by atoms with Gasteiger partial charge in [0, 0.05) is 45.9 Å². The van der Waals surface area contributed by atoms with Crippen LogP contribution in [0.4, 0.5) is 0 Å². The summed E-state index contributed by atoms with van der Waals surface area (Å²) in [5.74, 6) is 0. The highest BCUT2D eigenvalue weighted by molar-refractivity contribution is 8.76. The fourth-order valence-corrected chi connectivity index (χ4v) is 4.79. The lowest BCUT2D eigenvalue weighted by molar-refractivity contribution is -0.646. The van der Waals surface area contributed by atoms with Crippen molar-refractivity contribution in [3.8, 4) is 22.3 Å². The highest BCUT2D eigenvalue weighted by Crippen LogP contribution is 2.36. The van der Waals surface area contributed by atoms with Crippen LogP contribution in [0.2, 0.25) is 0 Å². The van der Waals surface area contributed by atoms with Crippen molar-refractivity contribution in [2.24, 2.45) is 0 Å². The van der Waals surface area contributed by atoms with E-state index in [0.29, 0.717) is 10.1 Å². The molecule has 0 bridgehead atoms. The number of hydrogen-bond acceptors (Lipinski definition) is 4. The second-order valence-corrected chi connectivity index (χ2v) is 8.23. The predicted molar refractivity (Wildman–Crippen MR) is 113 cm³/mol. The minimum absolute atomic E-state index is 0.525. The maximum Gasteiger partial charge on any atom is 0.263 e. The average Bonchev–Trinajstić information content (AvgIpc) is 2.75. The number of pyridine rings is 2. The largest absolute Gasteiger partial charge is 0.618 e. The minimum Gasteiger partial charge on any atom is -0.618 e. The summed E-state index contributed by atoms with van der Waals surface area (Å²) in [7, 11) is 2.55. The van der Waals surface area contributed by atoms with E-state index in [4.69, 9.17) is 0 Å². The summed E-state index contributed by atoms with van der Waals surface area (Å²) in [4.78, 5) is 0. The van der Waals surface area contributed by atoms with E-state index in [-0.39, 0.29) is 0 Å². The van der Waals surface area contributed by atoms with Gasteiger partial charge < -0.3 is 10.4 Å². The third-order valence-corrected chi connectivity index (χ3v) is 6.49. The van der Waals surface area contributed by atoms with Gasteiger partial charge in [-0.05, 0) is 22.3 Å². The molecule has 0 aliphatic rings. The van der Waals surface area contributed by atoms with Crippen molar-refractivity contribution in [2.45, 2.75) is 10.1 Å². The fourth-order valence-electron chi connectivity index (χ4n) is 2.76. The number of aromatic nitrogens is 2. The monoisotopic (exact) mass is 404 g/mol. The Morgan fingerprint density at radius 2 is 0.893 bits per heavy atom. The lowest BCUT2D eigenvalue weighted by Crippen LogP contribution is -2.29. The molecule has 0 N–H and O–H groups in total. The molecule has 4 nitrogen and oxygen atoms in total. The second-order valence-electron chi connectivity index (χ2n) is 6.06. The Morgan fingerprint density at radius 3 is 1.29 bits per heavy atom. The van der Waals surface area contributed by atoms with Crippen LogP contribution in [0.3, 0.4) is 0 Å². The van der Waals surface area contributed by atoms with Crippen LogP contribution in [-0.4, -0.2) is 0 Å². The van der Waals surface area contributed by atoms with Crippen molar-refractivity contribution in [2.75, 3.05) is 0 Å². The van der Waals surface area contributed by atoms with Gasteiger partial charge in [-0.15, -0.1) is 0 Å². The van der Waals surface area contributed by atoms with Crippen LogP contribution in [-0.2, 0) is 0 Å². The number of nitrogens with zero attached hydrogens (tertiary/aromatic N) is 2. The maximum absolute atomic E-state index is 12.2. The van der Waals surface area contributed by atoms with Gasteiger partial charge in [0.15, 0.2) is 12.4 Å². The van der Waals surface area contributed by atoms with Crippen molar-refractivity contribution < 1.29 is 9.46 Å². The van der Waals surface area contributed by atoms with Gasteiger partial charge in [0.2, 0.25) is 0 Å². The molecule has 138 valence electrons. The highest BCUT2D eigenvalue weighted by atomic mass is 33.1. The van der Waals surface area contributed by atoms with Crippen molar-refractivity contribution in [3.63, 3.8) is 0 Å². The molecule has 0 aliphatic carbocycles. The SMILES string of the molecule is [O-][n+]1ccc(-c2ccccc2)cc1SSc1cc(-c2ccccc2)cc[n+]1[O-]. The maximum atomic E-state index is 12.2. The fraction of sp³-hybridized carbons (Fsp3) is 0. The predicted octanol–water partition coefficient (Wildman–Crippen LogP) is 5.09. The molecule has 0 saturated carbocycles. The van der Waals surface area contributed by atoms with E-state index in [1.54, 1.807) is 12.1 Å². The van der Waals surface area contributed by atoms with Crippen LogP contribution in [0.15, 0.2) is 107 Å². The Morgan fingerprint density at radius 1 is 0.500 bits per heavy atom. The van der Waals surface area contributed by atoms with E-state index in [1.807, 2.05) is 72.8 Å². The van der Waals surface area contributed by atoms with Gasteiger partial charge in [0.25, 0.3) is 10.1 Å². The molecule has 4 rings (SSSR count). The van der Waals surface area contributed by atoms with Gasteiger partial charge >= 0.3 is 0 Å². The number of hydrogen-bond donors (Lipinski definition) is 0.